The van der Waals surface area contributed by atoms with Gasteiger partial charge in [-0.2, -0.15) is 0 Å². The fourth-order valence-corrected chi connectivity index (χ4v) is 6.90. The standard InChI is InChI=1S/C26H27N3OP.Hf/c1-19(23-13-11-21-7-3-5-9-25(21)17-23)28-15-16-29(31(28,27)30)20(2)24-14-12-22-8-4-6-10-26(22)18-24;/h3-14,17-20H,15-16H2,1-2H3,(H-,27,30);/q-1;/t19-,20-;/m0./s1/i/hT. The monoisotopic (exact) mass is 610 g/mol. The third-order valence-corrected chi connectivity index (χ3v) is 9.06. The van der Waals surface area contributed by atoms with Gasteiger partial charge < -0.3 is 10.1 Å². The van der Waals surface area contributed by atoms with E-state index in [1.54, 1.807) is 0 Å². The smallest absolute Gasteiger partial charge is 0.126 e. The largest absolute Gasteiger partial charge is 0.592 e. The van der Waals surface area contributed by atoms with Crippen LogP contribution in [0.1, 0.15) is 37.1 Å². The molecule has 0 unspecified atom stereocenters. The van der Waals surface area contributed by atoms with E-state index in [0.29, 0.717) is 13.1 Å². The molecule has 1 N–H and O–H groups in total. The maximum Gasteiger partial charge on any atom is 0.126 e. The van der Waals surface area contributed by atoms with E-state index in [4.69, 9.17) is 1.41 Å². The molecule has 0 radical (unpaired) electrons. The summed E-state index contributed by atoms with van der Waals surface area (Å²) in [4.78, 5) is 0. The van der Waals surface area contributed by atoms with Gasteiger partial charge in [-0.3, -0.25) is 0 Å². The summed E-state index contributed by atoms with van der Waals surface area (Å²) in [5.74, 6) is 0. The molecule has 0 saturated carbocycles. The second-order valence-electron chi connectivity index (χ2n) is 8.40. The fourth-order valence-electron chi connectivity index (χ4n) is 4.73. The molecule has 0 aliphatic carbocycles. The maximum absolute atomic E-state index is 14.1. The zero-order valence-corrected chi connectivity index (χ0v) is 22.8. The van der Waals surface area contributed by atoms with Gasteiger partial charge in [-0.1, -0.05) is 72.8 Å². The van der Waals surface area contributed by atoms with Crippen LogP contribution in [0.4, 0.5) is 0 Å². The molecule has 4 aromatic carbocycles. The SMILES string of the molecule is [3H][N-]P1(=O)N([C@@H](C)c2ccc3ccccc3c2)CCN1[C@@H](C)c1ccc2ccccc2c1.[Hf]. The molecule has 6 heteroatoms. The minimum atomic E-state index is -3.38. The quantitative estimate of drug-likeness (QED) is 0.173. The minimum absolute atomic E-state index is 0. The number of hydrogen-bond acceptors (Lipinski definition) is 1. The van der Waals surface area contributed by atoms with Crippen LogP contribution in [0.25, 0.3) is 27.0 Å². The van der Waals surface area contributed by atoms with Crippen molar-refractivity contribution in [2.45, 2.75) is 25.9 Å². The molecule has 32 heavy (non-hydrogen) atoms. The summed E-state index contributed by atoms with van der Waals surface area (Å²) in [6.07, 6.45) is 0. The van der Waals surface area contributed by atoms with Crippen molar-refractivity contribution >= 4 is 29.1 Å². The Balaban J connectivity index is 0.00000259. The average molecular weight is 609 g/mol. The molecule has 4 aromatic rings. The van der Waals surface area contributed by atoms with E-state index in [9.17, 15) is 4.57 Å². The molecular weight excluding hydrogens is 580 g/mol. The molecular formula is C26H27HfN3OP-. The van der Waals surface area contributed by atoms with Crippen LogP contribution in [-0.4, -0.2) is 22.4 Å². The Bertz CT molecular complexity index is 1240. The molecule has 1 aliphatic rings. The normalized spacial score (nSPS) is 18.9. The number of benzene rings is 4. The van der Waals surface area contributed by atoms with Crippen molar-refractivity contribution in [3.63, 3.8) is 0 Å². The topological polar surface area (TPSA) is 47.4 Å². The molecule has 5 rings (SSSR count). The molecule has 0 bridgehead atoms. The van der Waals surface area contributed by atoms with Crippen LogP contribution in [0.2, 0.25) is 1.41 Å². The van der Waals surface area contributed by atoms with E-state index in [2.05, 4.69) is 80.0 Å². The first-order valence-corrected chi connectivity index (χ1v) is 12.4. The Morgan fingerprint density at radius 1 is 0.750 bits per heavy atom. The molecule has 0 amide bonds. The minimum Gasteiger partial charge on any atom is -0.592 e. The number of nitrogens with one attached hydrogen (secondary N) is 1. The van der Waals surface area contributed by atoms with E-state index >= 15 is 0 Å². The maximum atomic E-state index is 14.1. The van der Waals surface area contributed by atoms with Gasteiger partial charge in [-0.15, -0.1) is 1.41 Å². The van der Waals surface area contributed by atoms with Gasteiger partial charge in [0.15, 0.2) is 0 Å². The predicted octanol–water partition coefficient (Wildman–Crippen LogP) is 7.59. The van der Waals surface area contributed by atoms with Crippen LogP contribution in [0.15, 0.2) is 84.9 Å². The molecule has 162 valence electrons. The van der Waals surface area contributed by atoms with Crippen LogP contribution < -0.4 is 0 Å². The molecule has 1 aliphatic heterocycles. The summed E-state index contributed by atoms with van der Waals surface area (Å²) < 4.78 is 25.8. The van der Waals surface area contributed by atoms with E-state index < -0.39 is 7.59 Å². The van der Waals surface area contributed by atoms with Crippen LogP contribution in [0, 0.1) is 0 Å². The van der Waals surface area contributed by atoms with Gasteiger partial charge in [0.2, 0.25) is 0 Å². The Kier molecular flexibility index (Phi) is 6.46. The zero-order valence-electron chi connectivity index (χ0n) is 19.3. The molecule has 4 nitrogen and oxygen atoms in total. The predicted molar refractivity (Wildman–Crippen MR) is 130 cm³/mol. The third-order valence-electron chi connectivity index (χ3n) is 6.63. The first-order valence-electron chi connectivity index (χ1n) is 11.2. The summed E-state index contributed by atoms with van der Waals surface area (Å²) in [7, 11) is -3.38. The van der Waals surface area contributed by atoms with Crippen LogP contribution in [-0.2, 0) is 30.4 Å². The summed E-state index contributed by atoms with van der Waals surface area (Å²) in [5.41, 5.74) is 5.94. The van der Waals surface area contributed by atoms with Gasteiger partial charge in [0, 0.05) is 51.0 Å². The van der Waals surface area contributed by atoms with Crippen molar-refractivity contribution < 1.29 is 31.8 Å². The van der Waals surface area contributed by atoms with Gasteiger partial charge >= 0.3 is 0 Å². The second kappa shape index (κ2) is 9.32. The Labute approximate surface area is 210 Å². The molecule has 0 aromatic heterocycles. The average Bonchev–Trinajstić information content (AvgIpc) is 3.19. The van der Waals surface area contributed by atoms with Crippen LogP contribution >= 0.6 is 7.59 Å². The summed E-state index contributed by atoms with van der Waals surface area (Å²) in [5, 5.41) is 4.69. The van der Waals surface area contributed by atoms with E-state index in [1.807, 2.05) is 33.6 Å². The second-order valence-corrected chi connectivity index (χ2v) is 10.5. The number of fused-ring (bicyclic) bond motifs is 2. The van der Waals surface area contributed by atoms with Gasteiger partial charge in [-0.05, 0) is 58.7 Å². The van der Waals surface area contributed by atoms with Gasteiger partial charge in [-0.25, -0.2) is 9.34 Å². The van der Waals surface area contributed by atoms with Gasteiger partial charge in [0.1, 0.15) is 7.59 Å². The van der Waals surface area contributed by atoms with Crippen molar-refractivity contribution in [1.29, 1.82) is 0 Å². The van der Waals surface area contributed by atoms with Crippen LogP contribution in [0.3, 0.4) is 0 Å². The number of hydrogen-bond donors (Lipinski definition) is 0. The molecule has 1 heterocycles. The van der Waals surface area contributed by atoms with Crippen molar-refractivity contribution in [2.75, 3.05) is 13.1 Å². The van der Waals surface area contributed by atoms with Gasteiger partial charge in [0.05, 0.1) is 0 Å². The molecule has 0 spiro atoms. The summed E-state index contributed by atoms with van der Waals surface area (Å²) in [6.45, 7) is 5.36. The fraction of sp³-hybridized carbons (Fsp3) is 0.231. The van der Waals surface area contributed by atoms with Gasteiger partial charge in [0.25, 0.3) is 0 Å². The summed E-state index contributed by atoms with van der Waals surface area (Å²) >= 11 is 0. The van der Waals surface area contributed by atoms with Crippen LogP contribution in [0.5, 0.6) is 0 Å². The molecule has 1 saturated heterocycles. The molecule has 1 fully saturated rings. The molecule has 2 atom stereocenters. The van der Waals surface area contributed by atoms with E-state index in [1.165, 1.54) is 10.8 Å². The Morgan fingerprint density at radius 3 is 1.56 bits per heavy atom. The Morgan fingerprint density at radius 2 is 1.16 bits per heavy atom. The zero-order chi connectivity index (χ0) is 22.3. The van der Waals surface area contributed by atoms with E-state index in [-0.39, 0.29) is 37.9 Å². The first-order chi connectivity index (χ1) is 15.5. The third kappa shape index (κ3) is 4.18. The van der Waals surface area contributed by atoms with E-state index in [0.717, 1.165) is 21.9 Å². The van der Waals surface area contributed by atoms with Crippen molar-refractivity contribution in [3.8, 4) is 0 Å². The number of nitrogens with zero attached hydrogens (tertiary/aromatic N) is 2. The Hall–Kier alpha value is -1.62. The van der Waals surface area contributed by atoms with Crippen molar-refractivity contribution in [3.05, 3.63) is 102 Å². The number of rotatable bonds is 5. The van der Waals surface area contributed by atoms with Crippen molar-refractivity contribution in [2.24, 2.45) is 0 Å². The summed E-state index contributed by atoms with van der Waals surface area (Å²) in [6, 6.07) is 29.0. The first kappa shape index (κ1) is 22.2. The van der Waals surface area contributed by atoms with Crippen molar-refractivity contribution in [1.82, 2.24) is 9.34 Å².